The highest BCUT2D eigenvalue weighted by Crippen LogP contribution is 2.29. The normalized spacial score (nSPS) is 11.4. The summed E-state index contributed by atoms with van der Waals surface area (Å²) in [7, 11) is 0. The minimum absolute atomic E-state index is 0.272. The zero-order valence-corrected chi connectivity index (χ0v) is 16.7. The second kappa shape index (κ2) is 9.24. The van der Waals surface area contributed by atoms with E-state index in [4.69, 9.17) is 17.0 Å². The molecule has 0 heterocycles. The van der Waals surface area contributed by atoms with E-state index < -0.39 is 0 Å². The smallest absolute Gasteiger partial charge is 0.134 e. The van der Waals surface area contributed by atoms with Gasteiger partial charge in [0.15, 0.2) is 0 Å². The fraction of sp³-hybridized carbons (Fsp3) is 0. The Labute approximate surface area is 172 Å². The second-order valence-electron chi connectivity index (χ2n) is 5.73. The van der Waals surface area contributed by atoms with Crippen molar-refractivity contribution in [1.82, 2.24) is 0 Å². The largest absolute Gasteiger partial charge is 0.299 e. The van der Waals surface area contributed by atoms with Crippen LogP contribution in [0.15, 0.2) is 93.7 Å². The van der Waals surface area contributed by atoms with Crippen LogP contribution in [0.2, 0.25) is 5.02 Å². The number of allylic oxidation sites excluding steroid dienone is 1. The lowest BCUT2D eigenvalue weighted by molar-refractivity contribution is -0.496. The summed E-state index contributed by atoms with van der Waals surface area (Å²) in [5.74, 6) is -0.272. The second-order valence-corrected chi connectivity index (χ2v) is 7.80. The van der Waals surface area contributed by atoms with E-state index in [1.165, 1.54) is 23.9 Å². The molecule has 0 saturated carbocycles. The lowest BCUT2D eigenvalue weighted by atomic mass is 10.1. The number of benzene rings is 3. The summed E-state index contributed by atoms with van der Waals surface area (Å²) in [5.41, 5.74) is 2.07. The van der Waals surface area contributed by atoms with Crippen molar-refractivity contribution in [2.75, 3.05) is 0 Å². The molecule has 0 fully saturated rings. The van der Waals surface area contributed by atoms with Crippen molar-refractivity contribution < 1.29 is 9.71 Å². The highest BCUT2D eigenvalue weighted by Gasteiger charge is 2.12. The lowest BCUT2D eigenvalue weighted by Crippen LogP contribution is -2.71. The van der Waals surface area contributed by atoms with Gasteiger partial charge in [-0.25, -0.2) is 4.39 Å². The number of quaternary nitrogens is 1. The highest BCUT2D eigenvalue weighted by molar-refractivity contribution is 8.04. The first-order chi connectivity index (χ1) is 13.0. The molecule has 3 aromatic rings. The van der Waals surface area contributed by atoms with Crippen LogP contribution in [0.25, 0.3) is 0 Å². The number of rotatable bonds is 6. The third kappa shape index (κ3) is 5.71. The molecule has 0 atom stereocenters. The van der Waals surface area contributed by atoms with Crippen molar-refractivity contribution >= 4 is 47.4 Å². The molecule has 136 valence electrons. The summed E-state index contributed by atoms with van der Waals surface area (Å²) >= 11 is 11.7. The number of thiol groups is 1. The third-order valence-electron chi connectivity index (χ3n) is 3.74. The van der Waals surface area contributed by atoms with Crippen LogP contribution in [-0.2, 0) is 0 Å². The van der Waals surface area contributed by atoms with Gasteiger partial charge in [0.1, 0.15) is 17.7 Å². The van der Waals surface area contributed by atoms with Crippen LogP contribution < -0.4 is 5.32 Å². The van der Waals surface area contributed by atoms with Gasteiger partial charge in [0.05, 0.1) is 10.6 Å². The number of nitrogens with two attached hydrogens (primary N) is 1. The third-order valence-corrected chi connectivity index (χ3v) is 5.36. The number of thioether (sulfide) groups is 1. The van der Waals surface area contributed by atoms with E-state index in [-0.39, 0.29) is 5.82 Å². The van der Waals surface area contributed by atoms with E-state index in [0.717, 1.165) is 25.9 Å². The first-order valence-corrected chi connectivity index (χ1v) is 9.78. The Kier molecular flexibility index (Phi) is 6.74. The average molecular weight is 416 g/mol. The number of nitrogens with one attached hydrogen (secondary N) is 1. The minimum Gasteiger partial charge on any atom is -0.299 e. The summed E-state index contributed by atoms with van der Waals surface area (Å²) in [5, 5.41) is 11.2. The summed E-state index contributed by atoms with van der Waals surface area (Å²) in [4.78, 5) is 2.60. The molecule has 0 unspecified atom stereocenters. The van der Waals surface area contributed by atoms with Crippen molar-refractivity contribution in [2.45, 2.75) is 9.79 Å². The molecule has 6 heteroatoms. The van der Waals surface area contributed by atoms with Gasteiger partial charge in [-0.1, -0.05) is 35.5 Å². The molecule has 3 N–H and O–H groups in total. The van der Waals surface area contributed by atoms with E-state index in [1.54, 1.807) is 12.1 Å². The predicted octanol–water partition coefficient (Wildman–Crippen LogP) is 5.66. The Morgan fingerprint density at radius 1 is 0.963 bits per heavy atom. The van der Waals surface area contributed by atoms with Crippen molar-refractivity contribution in [3.05, 3.63) is 100 Å². The molecule has 0 bridgehead atoms. The van der Waals surface area contributed by atoms with E-state index in [2.05, 4.69) is 12.6 Å². The van der Waals surface area contributed by atoms with Crippen LogP contribution in [-0.4, -0.2) is 5.71 Å². The number of hydrogen-bond acceptors (Lipinski definition) is 3. The van der Waals surface area contributed by atoms with Gasteiger partial charge >= 0.3 is 0 Å². The molecule has 0 spiro atoms. The Bertz CT molecular complexity index is 953. The first-order valence-electron chi connectivity index (χ1n) is 8.13. The fourth-order valence-corrected chi connectivity index (χ4v) is 3.47. The van der Waals surface area contributed by atoms with Gasteiger partial charge < -0.3 is 0 Å². The Morgan fingerprint density at radius 3 is 2.22 bits per heavy atom. The SMILES string of the molecule is N=C(/C(=C\[NH2+]c1ccc(F)cc1)Sc1ccc(Cl)cc1)c1ccc(S)cc1. The summed E-state index contributed by atoms with van der Waals surface area (Å²) in [6.45, 7) is 0. The molecular weight excluding hydrogens is 399 g/mol. The molecule has 0 aliphatic carbocycles. The van der Waals surface area contributed by atoms with Crippen molar-refractivity contribution in [1.29, 1.82) is 5.41 Å². The topological polar surface area (TPSA) is 40.5 Å². The molecule has 0 aliphatic rings. The van der Waals surface area contributed by atoms with E-state index >= 15 is 0 Å². The van der Waals surface area contributed by atoms with Crippen molar-refractivity contribution in [3.63, 3.8) is 0 Å². The van der Waals surface area contributed by atoms with Crippen LogP contribution in [0.5, 0.6) is 0 Å². The van der Waals surface area contributed by atoms with Crippen LogP contribution >= 0.6 is 36.0 Å². The quantitative estimate of drug-likeness (QED) is 0.206. The van der Waals surface area contributed by atoms with Crippen LogP contribution in [0, 0.1) is 11.2 Å². The van der Waals surface area contributed by atoms with Gasteiger partial charge in [-0.15, -0.1) is 12.6 Å². The van der Waals surface area contributed by atoms with E-state index in [9.17, 15) is 4.39 Å². The highest BCUT2D eigenvalue weighted by atomic mass is 35.5. The minimum atomic E-state index is -0.272. The lowest BCUT2D eigenvalue weighted by Gasteiger charge is -2.09. The maximum atomic E-state index is 13.1. The number of hydrogen-bond donors (Lipinski definition) is 3. The van der Waals surface area contributed by atoms with Gasteiger partial charge in [0.25, 0.3) is 0 Å². The maximum absolute atomic E-state index is 13.1. The molecule has 27 heavy (non-hydrogen) atoms. The van der Waals surface area contributed by atoms with Crippen LogP contribution in [0.1, 0.15) is 5.56 Å². The molecule has 0 aromatic heterocycles. The molecule has 3 aromatic carbocycles. The summed E-state index contributed by atoms with van der Waals surface area (Å²) < 4.78 is 13.1. The van der Waals surface area contributed by atoms with E-state index in [1.807, 2.05) is 60.0 Å². The van der Waals surface area contributed by atoms with Gasteiger partial charge in [-0.2, -0.15) is 0 Å². The molecule has 0 aliphatic heterocycles. The average Bonchev–Trinajstić information content (AvgIpc) is 2.68. The predicted molar refractivity (Wildman–Crippen MR) is 114 cm³/mol. The van der Waals surface area contributed by atoms with Crippen LogP contribution in [0.3, 0.4) is 0 Å². The monoisotopic (exact) mass is 415 g/mol. The van der Waals surface area contributed by atoms with Crippen molar-refractivity contribution in [3.8, 4) is 0 Å². The zero-order valence-electron chi connectivity index (χ0n) is 14.2. The molecule has 0 saturated heterocycles. The molecule has 2 nitrogen and oxygen atoms in total. The van der Waals surface area contributed by atoms with Gasteiger partial charge in [-0.05, 0) is 48.5 Å². The van der Waals surface area contributed by atoms with Crippen LogP contribution in [0.4, 0.5) is 10.1 Å². The maximum Gasteiger partial charge on any atom is 0.134 e. The Hall–Kier alpha value is -2.05. The summed E-state index contributed by atoms with van der Waals surface area (Å²) in [6, 6.07) is 21.2. The molecule has 0 amide bonds. The Morgan fingerprint density at radius 2 is 1.59 bits per heavy atom. The van der Waals surface area contributed by atoms with Gasteiger partial charge in [0.2, 0.25) is 0 Å². The molecular formula is C21H17ClFN2S2+. The standard InChI is InChI=1S/C21H16ClFN2S2/c22-15-3-11-19(12-4-15)27-20(13-25-17-7-5-16(23)6-8-17)21(24)14-1-9-18(26)10-2-14/h1-13,24-26H/p+1/b20-13+,24-21?. The first kappa shape index (κ1) is 19.7. The van der Waals surface area contributed by atoms with Gasteiger partial charge in [0, 0.05) is 32.5 Å². The van der Waals surface area contributed by atoms with Gasteiger partial charge in [-0.3, -0.25) is 10.7 Å². The van der Waals surface area contributed by atoms with E-state index in [0.29, 0.717) is 10.7 Å². The number of halogens is 2. The zero-order chi connectivity index (χ0) is 19.2. The summed E-state index contributed by atoms with van der Waals surface area (Å²) in [6.07, 6.45) is 1.88. The fourth-order valence-electron chi connectivity index (χ4n) is 2.31. The Balaban J connectivity index is 1.88. The molecule has 0 radical (unpaired) electrons. The molecule has 3 rings (SSSR count). The van der Waals surface area contributed by atoms with Crippen molar-refractivity contribution in [2.24, 2.45) is 0 Å².